The monoisotopic (exact) mass is 594 g/mol. The summed E-state index contributed by atoms with van der Waals surface area (Å²) in [6, 6.07) is 14.1. The summed E-state index contributed by atoms with van der Waals surface area (Å²) < 4.78 is 28.9. The van der Waals surface area contributed by atoms with E-state index < -0.39 is 10.0 Å². The number of aromatic nitrogens is 1. The van der Waals surface area contributed by atoms with Crippen molar-refractivity contribution in [2.45, 2.75) is 44.6 Å². The number of anilines is 1. The first-order valence-electron chi connectivity index (χ1n) is 13.4. The van der Waals surface area contributed by atoms with Crippen molar-refractivity contribution in [3.8, 4) is 10.6 Å². The molecule has 2 aromatic heterocycles. The molecule has 0 saturated carbocycles. The summed E-state index contributed by atoms with van der Waals surface area (Å²) in [7, 11) is -3.60. The number of para-hydroxylation sites is 1. The number of nitrogens with one attached hydrogen (secondary N) is 1. The van der Waals surface area contributed by atoms with E-state index in [0.717, 1.165) is 44.1 Å². The number of amides is 2. The highest BCUT2D eigenvalue weighted by atomic mass is 32.2. The van der Waals surface area contributed by atoms with Gasteiger partial charge >= 0.3 is 0 Å². The zero-order valence-electron chi connectivity index (χ0n) is 22.3. The Labute approximate surface area is 241 Å². The molecule has 0 radical (unpaired) electrons. The molecular formula is C29H30N4O4S3. The molecule has 2 aromatic carbocycles. The molecule has 1 atom stereocenters. The van der Waals surface area contributed by atoms with Gasteiger partial charge in [0.15, 0.2) is 0 Å². The van der Waals surface area contributed by atoms with E-state index in [-0.39, 0.29) is 16.7 Å². The number of hydrogen-bond acceptors (Lipinski definition) is 7. The minimum atomic E-state index is -3.60. The van der Waals surface area contributed by atoms with E-state index in [1.54, 1.807) is 34.7 Å². The Bertz CT molecular complexity index is 1680. The molecule has 40 heavy (non-hydrogen) atoms. The lowest BCUT2D eigenvalue weighted by Gasteiger charge is -2.30. The first kappa shape index (κ1) is 27.1. The molecule has 6 rings (SSSR count). The molecule has 0 bridgehead atoms. The normalized spacial score (nSPS) is 18.1. The molecule has 8 nitrogen and oxygen atoms in total. The number of hydrogen-bond donors (Lipinski definition) is 1. The predicted molar refractivity (Wildman–Crippen MR) is 159 cm³/mol. The second kappa shape index (κ2) is 10.7. The fraction of sp³-hybridized carbons (Fsp3) is 0.345. The highest BCUT2D eigenvalue weighted by Crippen LogP contribution is 2.45. The van der Waals surface area contributed by atoms with Crippen LogP contribution in [-0.4, -0.2) is 54.1 Å². The minimum Gasteiger partial charge on any atom is -0.337 e. The second-order valence-corrected chi connectivity index (χ2v) is 14.5. The highest BCUT2D eigenvalue weighted by Gasteiger charge is 2.30. The minimum absolute atomic E-state index is 0.0280. The zero-order valence-corrected chi connectivity index (χ0v) is 24.8. The third kappa shape index (κ3) is 5.07. The van der Waals surface area contributed by atoms with Crippen LogP contribution in [0.1, 0.15) is 47.5 Å². The Morgan fingerprint density at radius 1 is 1.05 bits per heavy atom. The summed E-state index contributed by atoms with van der Waals surface area (Å²) in [4.78, 5) is 33.4. The van der Waals surface area contributed by atoms with Crippen molar-refractivity contribution in [3.05, 3.63) is 64.5 Å². The Hall–Kier alpha value is -3.12. The summed E-state index contributed by atoms with van der Waals surface area (Å²) in [5.74, 6) is 0.0393. The van der Waals surface area contributed by atoms with Crippen LogP contribution < -0.4 is 5.32 Å². The standard InChI is InChI=1S/C29H30N4O4S3/c1-18-6-5-14-33(16-18)40(36,37)21-11-9-20(10-12-21)27(35)31-29-26(28-30-23-7-3-4-8-24(23)38-28)22-13-15-32(19(2)34)17-25(22)39-29/h3-4,7-12,18H,5-6,13-17H2,1-2H3,(H,31,35). The van der Waals surface area contributed by atoms with Crippen LogP contribution in [-0.2, 0) is 27.8 Å². The number of benzene rings is 2. The van der Waals surface area contributed by atoms with Crippen LogP contribution in [0.3, 0.4) is 0 Å². The zero-order chi connectivity index (χ0) is 28.0. The van der Waals surface area contributed by atoms with Crippen molar-refractivity contribution < 1.29 is 18.0 Å². The average molecular weight is 595 g/mol. The van der Waals surface area contributed by atoms with Gasteiger partial charge in [-0.15, -0.1) is 22.7 Å². The van der Waals surface area contributed by atoms with Gasteiger partial charge < -0.3 is 10.2 Å². The smallest absolute Gasteiger partial charge is 0.256 e. The lowest BCUT2D eigenvalue weighted by molar-refractivity contribution is -0.129. The molecule has 1 unspecified atom stereocenters. The van der Waals surface area contributed by atoms with Crippen LogP contribution in [0.4, 0.5) is 5.00 Å². The maximum atomic E-state index is 13.4. The van der Waals surface area contributed by atoms with Gasteiger partial charge in [-0.05, 0) is 67.1 Å². The summed E-state index contributed by atoms with van der Waals surface area (Å²) in [6.45, 7) is 5.81. The van der Waals surface area contributed by atoms with Crippen LogP contribution >= 0.6 is 22.7 Å². The molecule has 0 spiro atoms. The van der Waals surface area contributed by atoms with Gasteiger partial charge in [-0.25, -0.2) is 13.4 Å². The van der Waals surface area contributed by atoms with Crippen molar-refractivity contribution in [1.82, 2.24) is 14.2 Å². The molecule has 2 amide bonds. The van der Waals surface area contributed by atoms with Gasteiger partial charge in [0.2, 0.25) is 15.9 Å². The molecule has 4 heterocycles. The summed E-state index contributed by atoms with van der Waals surface area (Å²) >= 11 is 3.06. The van der Waals surface area contributed by atoms with E-state index in [1.807, 2.05) is 29.2 Å². The molecule has 1 fully saturated rings. The van der Waals surface area contributed by atoms with Gasteiger partial charge in [0, 0.05) is 42.6 Å². The highest BCUT2D eigenvalue weighted by molar-refractivity contribution is 7.89. The quantitative estimate of drug-likeness (QED) is 0.324. The number of carbonyl (C=O) groups excluding carboxylic acids is 2. The first-order valence-corrected chi connectivity index (χ1v) is 16.5. The summed E-state index contributed by atoms with van der Waals surface area (Å²) in [5, 5.41) is 4.61. The number of piperidine rings is 1. The van der Waals surface area contributed by atoms with Gasteiger partial charge in [-0.1, -0.05) is 19.1 Å². The van der Waals surface area contributed by atoms with E-state index >= 15 is 0 Å². The van der Waals surface area contributed by atoms with Crippen molar-refractivity contribution in [3.63, 3.8) is 0 Å². The Morgan fingerprint density at radius 2 is 1.82 bits per heavy atom. The van der Waals surface area contributed by atoms with Crippen molar-refractivity contribution in [2.24, 2.45) is 5.92 Å². The molecule has 208 valence electrons. The van der Waals surface area contributed by atoms with E-state index in [0.29, 0.717) is 49.1 Å². The number of carbonyl (C=O) groups is 2. The van der Waals surface area contributed by atoms with E-state index in [9.17, 15) is 18.0 Å². The lowest BCUT2D eigenvalue weighted by atomic mass is 10.0. The van der Waals surface area contributed by atoms with Gasteiger partial charge in [0.25, 0.3) is 5.91 Å². The van der Waals surface area contributed by atoms with Gasteiger partial charge in [0.1, 0.15) is 10.0 Å². The largest absolute Gasteiger partial charge is 0.337 e. The Morgan fingerprint density at radius 3 is 2.55 bits per heavy atom. The number of thiophene rings is 1. The number of fused-ring (bicyclic) bond motifs is 2. The van der Waals surface area contributed by atoms with E-state index in [2.05, 4.69) is 12.2 Å². The number of sulfonamides is 1. The molecule has 1 N–H and O–H groups in total. The lowest BCUT2D eigenvalue weighted by Crippen LogP contribution is -2.39. The predicted octanol–water partition coefficient (Wildman–Crippen LogP) is 5.60. The maximum absolute atomic E-state index is 13.4. The maximum Gasteiger partial charge on any atom is 0.256 e. The van der Waals surface area contributed by atoms with Crippen molar-refractivity contribution in [1.29, 1.82) is 0 Å². The Kier molecular flexibility index (Phi) is 7.24. The SMILES string of the molecule is CC(=O)N1CCc2c(sc(NC(=O)c3ccc(S(=O)(=O)N4CCCC(C)C4)cc3)c2-c2nc3ccccc3s2)C1. The molecule has 0 aliphatic carbocycles. The van der Waals surface area contributed by atoms with Crippen LogP contribution in [0.2, 0.25) is 0 Å². The van der Waals surface area contributed by atoms with Gasteiger partial charge in [0.05, 0.1) is 21.7 Å². The van der Waals surface area contributed by atoms with Crippen molar-refractivity contribution >= 4 is 59.7 Å². The van der Waals surface area contributed by atoms with Crippen LogP contribution in [0.15, 0.2) is 53.4 Å². The van der Waals surface area contributed by atoms with Gasteiger partial charge in [-0.3, -0.25) is 9.59 Å². The van der Waals surface area contributed by atoms with Gasteiger partial charge in [-0.2, -0.15) is 4.31 Å². The first-order chi connectivity index (χ1) is 19.2. The molecule has 2 aliphatic heterocycles. The molecule has 4 aromatic rings. The average Bonchev–Trinajstić information content (AvgIpc) is 3.53. The third-order valence-corrected chi connectivity index (χ3v) is 11.7. The third-order valence-electron chi connectivity index (χ3n) is 7.61. The molecule has 2 aliphatic rings. The van der Waals surface area contributed by atoms with Crippen LogP contribution in [0.5, 0.6) is 0 Å². The number of thiazole rings is 1. The fourth-order valence-corrected chi connectivity index (χ4v) is 9.40. The van der Waals surface area contributed by atoms with Crippen molar-refractivity contribution in [2.75, 3.05) is 25.0 Å². The fourth-order valence-electron chi connectivity index (χ4n) is 5.43. The topological polar surface area (TPSA) is 99.7 Å². The van der Waals surface area contributed by atoms with E-state index in [4.69, 9.17) is 4.98 Å². The Balaban J connectivity index is 1.30. The number of nitrogens with zero attached hydrogens (tertiary/aromatic N) is 3. The van der Waals surface area contributed by atoms with E-state index in [1.165, 1.54) is 23.5 Å². The summed E-state index contributed by atoms with van der Waals surface area (Å²) in [5.41, 5.74) is 3.31. The summed E-state index contributed by atoms with van der Waals surface area (Å²) in [6.07, 6.45) is 2.57. The second-order valence-electron chi connectivity index (χ2n) is 10.5. The van der Waals surface area contributed by atoms with Crippen LogP contribution in [0.25, 0.3) is 20.8 Å². The van der Waals surface area contributed by atoms with Crippen LogP contribution in [0, 0.1) is 5.92 Å². The number of rotatable bonds is 5. The molecular weight excluding hydrogens is 565 g/mol. The molecule has 11 heteroatoms. The molecule has 1 saturated heterocycles.